The van der Waals surface area contributed by atoms with Crippen LogP contribution in [0.1, 0.15) is 52.4 Å². The Kier molecular flexibility index (Phi) is 7.72. The predicted molar refractivity (Wildman–Crippen MR) is 115 cm³/mol. The Bertz CT molecular complexity index is 993. The van der Waals surface area contributed by atoms with Gasteiger partial charge in [0.05, 0.1) is 6.42 Å². The molecule has 0 aliphatic heterocycles. The first kappa shape index (κ1) is 24.1. The normalized spacial score (nSPS) is 15.3. The molecular formula is C25H27O6Sg-. The Hall–Kier alpha value is -4.15. The van der Waals surface area contributed by atoms with Crippen LogP contribution in [-0.2, 0) is 23.9 Å². The first-order valence-electron chi connectivity index (χ1n) is 10.5. The van der Waals surface area contributed by atoms with Crippen molar-refractivity contribution in [2.24, 2.45) is 0 Å². The summed E-state index contributed by atoms with van der Waals surface area (Å²) < 4.78 is 16.4. The van der Waals surface area contributed by atoms with E-state index in [1.165, 1.54) is 6.92 Å². The second-order valence-electron chi connectivity index (χ2n) is 7.95. The van der Waals surface area contributed by atoms with Crippen molar-refractivity contribution in [2.45, 2.75) is 64.1 Å². The van der Waals surface area contributed by atoms with Crippen LogP contribution in [-0.4, -0.2) is 29.6 Å². The average molecular weight is 692 g/mol. The molecule has 1 saturated carbocycles. The fourth-order valence-electron chi connectivity index (χ4n) is 3.72. The maximum Gasteiger partial charge on any atom is 0.348 e. The molecular weight excluding hydrogens is 665 g/mol. The minimum absolute atomic E-state index is 0. The van der Waals surface area contributed by atoms with Crippen molar-refractivity contribution in [2.75, 3.05) is 0 Å². The van der Waals surface area contributed by atoms with Gasteiger partial charge < -0.3 is 14.2 Å². The maximum absolute atomic E-state index is 12.8. The van der Waals surface area contributed by atoms with Gasteiger partial charge in [-0.05, 0) is 51.2 Å². The molecule has 32 heavy (non-hydrogen) atoms. The monoisotopic (exact) mass is 694 g/mol. The van der Waals surface area contributed by atoms with Gasteiger partial charge in [0, 0.05) is 5.57 Å². The minimum Gasteiger partial charge on any atom is -0.456 e. The zero-order valence-corrected chi connectivity index (χ0v) is 25.1. The average Bonchev–Trinajstić information content (AvgIpc) is 3.21. The van der Waals surface area contributed by atoms with Crippen LogP contribution in [0.2, 0.25) is 0 Å². The van der Waals surface area contributed by atoms with E-state index in [0.717, 1.165) is 36.5 Å². The molecule has 6 nitrogen and oxygen atoms in total. The number of rotatable bonds is 8. The van der Waals surface area contributed by atoms with Crippen LogP contribution < -0.4 is 4.74 Å². The minimum atomic E-state index is -1.39. The van der Waals surface area contributed by atoms with Gasteiger partial charge in [0.1, 0.15) is 11.4 Å². The van der Waals surface area contributed by atoms with Crippen LogP contribution in [0.15, 0.2) is 48.6 Å². The van der Waals surface area contributed by atoms with E-state index in [1.54, 1.807) is 18.2 Å². The maximum atomic E-state index is 12.8. The Balaban J connectivity index is 0.00000363. The predicted octanol–water partition coefficient (Wildman–Crippen LogP) is 4.69. The van der Waals surface area contributed by atoms with Crippen molar-refractivity contribution in [3.05, 3.63) is 54.6 Å². The largest absolute Gasteiger partial charge is 0.456 e. The van der Waals surface area contributed by atoms with E-state index < -0.39 is 36.0 Å². The van der Waals surface area contributed by atoms with Crippen molar-refractivity contribution >= 4 is 28.7 Å². The molecule has 1 atom stereocenters. The number of hydrogen-bond acceptors (Lipinski definition) is 6. The van der Waals surface area contributed by atoms with Gasteiger partial charge in [0.15, 0.2) is 0 Å². The SMILES string of the molecule is C=C(C)C(=O)OC(CC(=O)Oc1ccc2c[c-]ccc2c1)C(=O)OC1(CC)CCCC1.[Sg]. The van der Waals surface area contributed by atoms with Crippen LogP contribution in [0.3, 0.4) is 0 Å². The molecule has 1 aliphatic rings. The van der Waals surface area contributed by atoms with Gasteiger partial charge >= 0.3 is 17.9 Å². The van der Waals surface area contributed by atoms with Crippen molar-refractivity contribution in [1.29, 1.82) is 0 Å². The molecule has 0 saturated heterocycles. The zero-order valence-electron chi connectivity index (χ0n) is 18.6. The van der Waals surface area contributed by atoms with Gasteiger partial charge in [-0.1, -0.05) is 13.5 Å². The number of fused-ring (bicyclic) bond motifs is 1. The molecule has 2 aromatic rings. The molecule has 0 spiro atoms. The molecule has 0 amide bonds. The number of esters is 3. The van der Waals surface area contributed by atoms with Gasteiger partial charge in [-0.15, -0.1) is 16.8 Å². The first-order valence-corrected chi connectivity index (χ1v) is 10.5. The standard InChI is InChI=1S/C25H27O6.Sg/c1-4-25(13-7-8-14-25)31-24(28)21(30-23(27)17(2)3)16-22(26)29-20-12-11-18-9-5-6-10-19(18)15-20;/h6,9-12,15,21H,2,4,7-8,13-14,16H2,1,3H3;/q-1;. The van der Waals surface area contributed by atoms with Crippen molar-refractivity contribution in [1.82, 2.24) is 0 Å². The number of carbonyl (C=O) groups is 3. The van der Waals surface area contributed by atoms with E-state index in [9.17, 15) is 14.4 Å². The smallest absolute Gasteiger partial charge is 0.348 e. The first-order chi connectivity index (χ1) is 14.8. The molecule has 0 heterocycles. The van der Waals surface area contributed by atoms with Crippen LogP contribution in [0, 0.1) is 6.07 Å². The van der Waals surface area contributed by atoms with Crippen molar-refractivity contribution in [3.8, 4) is 5.75 Å². The number of benzene rings is 2. The van der Waals surface area contributed by atoms with Crippen LogP contribution in [0.25, 0.3) is 10.8 Å². The summed E-state index contributed by atoms with van der Waals surface area (Å²) in [6.07, 6.45) is 2.29. The van der Waals surface area contributed by atoms with Crippen LogP contribution in [0.5, 0.6) is 5.75 Å². The van der Waals surface area contributed by atoms with Gasteiger partial charge in [0.25, 0.3) is 0 Å². The molecule has 0 radical (unpaired) electrons. The second kappa shape index (κ2) is 10.2. The van der Waals surface area contributed by atoms with Gasteiger partial charge in [-0.25, -0.2) is 9.59 Å². The molecule has 2 aromatic carbocycles. The molecule has 1 aliphatic carbocycles. The second-order valence-corrected chi connectivity index (χ2v) is 7.95. The summed E-state index contributed by atoms with van der Waals surface area (Å²) in [4.78, 5) is 37.4. The zero-order chi connectivity index (χ0) is 22.4. The molecule has 1 fully saturated rings. The van der Waals surface area contributed by atoms with E-state index in [1.807, 2.05) is 25.1 Å². The number of ether oxygens (including phenoxy) is 3. The van der Waals surface area contributed by atoms with Crippen molar-refractivity contribution in [3.63, 3.8) is 0 Å². The third-order valence-corrected chi connectivity index (χ3v) is 5.58. The summed E-state index contributed by atoms with van der Waals surface area (Å²) in [5, 5.41) is 1.85. The summed E-state index contributed by atoms with van der Waals surface area (Å²) >= 11 is 0. The number of carbonyl (C=O) groups excluding carboxylic acids is 3. The topological polar surface area (TPSA) is 78.9 Å². The molecule has 166 valence electrons. The van der Waals surface area contributed by atoms with Gasteiger partial charge in [-0.2, -0.15) is 24.3 Å². The van der Waals surface area contributed by atoms with E-state index in [0.29, 0.717) is 12.2 Å². The molecule has 0 aromatic heterocycles. The van der Waals surface area contributed by atoms with E-state index >= 15 is 0 Å². The van der Waals surface area contributed by atoms with Crippen LogP contribution in [0.4, 0.5) is 0 Å². The summed E-state index contributed by atoms with van der Waals surface area (Å²) in [6, 6.07) is 13.6. The summed E-state index contributed by atoms with van der Waals surface area (Å²) in [6.45, 7) is 6.96. The van der Waals surface area contributed by atoms with E-state index in [2.05, 4.69) is 12.6 Å². The Morgan fingerprint density at radius 3 is 2.53 bits per heavy atom. The fraction of sp³-hybridized carbons (Fsp3) is 0.400. The van der Waals surface area contributed by atoms with E-state index in [4.69, 9.17) is 14.2 Å². The van der Waals surface area contributed by atoms with E-state index in [-0.39, 0.29) is 5.57 Å². The summed E-state index contributed by atoms with van der Waals surface area (Å²) in [5.74, 6) is -1.85. The molecule has 3 rings (SSSR count). The quantitative estimate of drug-likeness (QED) is 0.173. The summed E-state index contributed by atoms with van der Waals surface area (Å²) in [5.41, 5.74) is -0.437. The van der Waals surface area contributed by atoms with Gasteiger partial charge in [-0.3, -0.25) is 4.79 Å². The van der Waals surface area contributed by atoms with Crippen molar-refractivity contribution < 1.29 is 28.6 Å². The summed E-state index contributed by atoms with van der Waals surface area (Å²) in [7, 11) is 0. The Labute approximate surface area is 182 Å². The third kappa shape index (κ3) is 5.72. The third-order valence-electron chi connectivity index (χ3n) is 5.58. The molecule has 7 heteroatoms. The Morgan fingerprint density at radius 2 is 1.88 bits per heavy atom. The Morgan fingerprint density at radius 1 is 1.16 bits per heavy atom. The fourth-order valence-corrected chi connectivity index (χ4v) is 3.72. The molecule has 0 bridgehead atoms. The molecule has 0 N–H and O–H groups in total. The number of hydrogen-bond donors (Lipinski definition) is 0. The van der Waals surface area contributed by atoms with Crippen LogP contribution >= 0.6 is 0 Å². The molecule has 1 unspecified atom stereocenters. The van der Waals surface area contributed by atoms with Gasteiger partial charge in [0.2, 0.25) is 6.10 Å².